The van der Waals surface area contributed by atoms with Crippen molar-refractivity contribution in [2.24, 2.45) is 5.73 Å². The summed E-state index contributed by atoms with van der Waals surface area (Å²) in [5, 5.41) is 10.4. The summed E-state index contributed by atoms with van der Waals surface area (Å²) < 4.78 is 2.06. The summed E-state index contributed by atoms with van der Waals surface area (Å²) in [6.45, 7) is 4.43. The number of rotatable bonds is 6. The third-order valence-corrected chi connectivity index (χ3v) is 4.45. The van der Waals surface area contributed by atoms with Crippen LogP contribution < -0.4 is 5.73 Å². The minimum absolute atomic E-state index is 0.0127. The van der Waals surface area contributed by atoms with Crippen LogP contribution in [0, 0.1) is 11.3 Å². The molecule has 7 heteroatoms. The Hall–Kier alpha value is -1.97. The van der Waals surface area contributed by atoms with Gasteiger partial charge in [0.15, 0.2) is 10.9 Å². The van der Waals surface area contributed by atoms with Gasteiger partial charge in [0.1, 0.15) is 11.6 Å². The second-order valence-electron chi connectivity index (χ2n) is 5.06. The van der Waals surface area contributed by atoms with E-state index in [1.165, 1.54) is 11.8 Å². The second kappa shape index (κ2) is 7.53. The Morgan fingerprint density at radius 3 is 2.87 bits per heavy atom. The van der Waals surface area contributed by atoms with Crippen molar-refractivity contribution in [2.45, 2.75) is 32.0 Å². The fraction of sp³-hybridized carbons (Fsp3) is 0.312. The third kappa shape index (κ3) is 3.87. The molecule has 0 spiro atoms. The molecule has 2 N–H and O–H groups in total. The molecule has 0 aliphatic carbocycles. The van der Waals surface area contributed by atoms with Crippen LogP contribution in [0.4, 0.5) is 0 Å². The summed E-state index contributed by atoms with van der Waals surface area (Å²) in [6.07, 6.45) is 0.945. The third-order valence-electron chi connectivity index (χ3n) is 3.24. The number of ketones is 1. The molecular formula is C16H17ClN4OS. The van der Waals surface area contributed by atoms with E-state index in [0.29, 0.717) is 5.02 Å². The number of carbonyl (C=O) groups excluding carboxylic acids is 1. The summed E-state index contributed by atoms with van der Waals surface area (Å²) in [5.74, 6) is -0.163. The number of aryl methyl sites for hydroxylation is 1. The summed E-state index contributed by atoms with van der Waals surface area (Å²) in [4.78, 5) is 16.6. The Balaban J connectivity index is 2.29. The van der Waals surface area contributed by atoms with E-state index in [-0.39, 0.29) is 22.8 Å². The van der Waals surface area contributed by atoms with E-state index in [4.69, 9.17) is 22.6 Å². The number of carbonyl (C=O) groups is 1. The maximum Gasteiger partial charge on any atom is 0.185 e. The van der Waals surface area contributed by atoms with Gasteiger partial charge >= 0.3 is 0 Å². The fourth-order valence-corrected chi connectivity index (χ4v) is 3.28. The Labute approximate surface area is 144 Å². The van der Waals surface area contributed by atoms with Gasteiger partial charge < -0.3 is 10.3 Å². The lowest BCUT2D eigenvalue weighted by molar-refractivity contribution is -0.112. The van der Waals surface area contributed by atoms with Crippen LogP contribution in [0.5, 0.6) is 0 Å². The quantitative estimate of drug-likeness (QED) is 0.490. The van der Waals surface area contributed by atoms with E-state index in [0.717, 1.165) is 29.2 Å². The van der Waals surface area contributed by atoms with Gasteiger partial charge in [-0.3, -0.25) is 4.79 Å². The normalized spacial score (nSPS) is 12.1. The zero-order chi connectivity index (χ0) is 17.0. The number of aromatic nitrogens is 2. The van der Waals surface area contributed by atoms with E-state index in [1.807, 2.05) is 18.2 Å². The number of halogens is 1. The number of nitrogens with zero attached hydrogens (tertiary/aromatic N) is 3. The molecule has 1 heterocycles. The summed E-state index contributed by atoms with van der Waals surface area (Å²) in [7, 11) is 0. The molecule has 23 heavy (non-hydrogen) atoms. The molecule has 0 fully saturated rings. The maximum absolute atomic E-state index is 12.1. The number of thioether (sulfide) groups is 1. The highest BCUT2D eigenvalue weighted by atomic mass is 35.5. The van der Waals surface area contributed by atoms with Crippen LogP contribution in [0.1, 0.15) is 20.3 Å². The molecule has 0 radical (unpaired) electrons. The minimum Gasteiger partial charge on any atom is -0.401 e. The molecular weight excluding hydrogens is 332 g/mol. The summed E-state index contributed by atoms with van der Waals surface area (Å²) in [6, 6.07) is 7.42. The first-order chi connectivity index (χ1) is 11.0. The van der Waals surface area contributed by atoms with Crippen LogP contribution in [-0.4, -0.2) is 21.1 Å². The van der Waals surface area contributed by atoms with Crippen molar-refractivity contribution < 1.29 is 4.79 Å². The van der Waals surface area contributed by atoms with Gasteiger partial charge in [0, 0.05) is 17.3 Å². The van der Waals surface area contributed by atoms with E-state index < -0.39 is 0 Å². The molecule has 1 aromatic heterocycles. The van der Waals surface area contributed by atoms with Gasteiger partial charge in [-0.2, -0.15) is 5.26 Å². The van der Waals surface area contributed by atoms with E-state index >= 15 is 0 Å². The first-order valence-electron chi connectivity index (χ1n) is 7.16. The highest BCUT2D eigenvalue weighted by Gasteiger charge is 2.16. The Kier molecular flexibility index (Phi) is 5.69. The molecule has 1 aromatic carbocycles. The number of hydrogen-bond donors (Lipinski definition) is 1. The first kappa shape index (κ1) is 17.4. The smallest absolute Gasteiger partial charge is 0.185 e. The summed E-state index contributed by atoms with van der Waals surface area (Å²) >= 11 is 7.32. The molecule has 2 aromatic rings. The Bertz CT molecular complexity index is 815. The number of nitriles is 1. The van der Waals surface area contributed by atoms with E-state index in [9.17, 15) is 4.79 Å². The number of nitrogens with two attached hydrogens (primary N) is 1. The molecule has 5 nitrogen and oxygen atoms in total. The fourth-order valence-electron chi connectivity index (χ4n) is 2.20. The van der Waals surface area contributed by atoms with Gasteiger partial charge in [-0.05, 0) is 31.5 Å². The standard InChI is InChI=1S/C16H17ClN4OS/c1-3-6-21-14-5-4-11(17)7-13(14)20-16(21)23-9-15(22)12(8-18)10(2)19/h4-5,7H,3,6,9,19H2,1-2H3/b12-10-. The lowest BCUT2D eigenvalue weighted by atomic mass is 10.2. The molecule has 2 rings (SSSR count). The van der Waals surface area contributed by atoms with Crippen molar-refractivity contribution in [3.05, 3.63) is 34.5 Å². The van der Waals surface area contributed by atoms with Crippen molar-refractivity contribution in [2.75, 3.05) is 5.75 Å². The zero-order valence-electron chi connectivity index (χ0n) is 13.0. The van der Waals surface area contributed by atoms with Crippen LogP contribution in [0.3, 0.4) is 0 Å². The predicted molar refractivity (Wildman–Crippen MR) is 93.3 cm³/mol. The number of benzene rings is 1. The molecule has 0 bridgehead atoms. The second-order valence-corrected chi connectivity index (χ2v) is 6.44. The van der Waals surface area contributed by atoms with Crippen molar-refractivity contribution >= 4 is 40.2 Å². The van der Waals surface area contributed by atoms with Crippen LogP contribution in [0.25, 0.3) is 11.0 Å². The highest BCUT2D eigenvalue weighted by Crippen LogP contribution is 2.27. The molecule has 0 aliphatic rings. The van der Waals surface area contributed by atoms with Crippen molar-refractivity contribution in [1.29, 1.82) is 5.26 Å². The molecule has 0 amide bonds. The number of imidazole rings is 1. The van der Waals surface area contributed by atoms with Crippen LogP contribution >= 0.6 is 23.4 Å². The van der Waals surface area contributed by atoms with E-state index in [1.54, 1.807) is 13.0 Å². The molecule has 0 aliphatic heterocycles. The lowest BCUT2D eigenvalue weighted by Gasteiger charge is -2.07. The molecule has 0 saturated heterocycles. The predicted octanol–water partition coefficient (Wildman–Crippen LogP) is 3.52. The molecule has 120 valence electrons. The number of allylic oxidation sites excluding steroid dienone is 2. The maximum atomic E-state index is 12.1. The van der Waals surface area contributed by atoms with E-state index in [2.05, 4.69) is 16.5 Å². The molecule has 0 atom stereocenters. The van der Waals surface area contributed by atoms with Gasteiger partial charge in [0.25, 0.3) is 0 Å². The highest BCUT2D eigenvalue weighted by molar-refractivity contribution is 7.99. The van der Waals surface area contributed by atoms with Crippen LogP contribution in [0.15, 0.2) is 34.6 Å². The topological polar surface area (TPSA) is 84.7 Å². The van der Waals surface area contributed by atoms with Crippen LogP contribution in [-0.2, 0) is 11.3 Å². The van der Waals surface area contributed by atoms with Gasteiger partial charge in [-0.15, -0.1) is 0 Å². The number of hydrogen-bond acceptors (Lipinski definition) is 5. The number of fused-ring (bicyclic) bond motifs is 1. The van der Waals surface area contributed by atoms with Gasteiger partial charge in [0.05, 0.1) is 16.8 Å². The first-order valence-corrected chi connectivity index (χ1v) is 8.52. The Morgan fingerprint density at radius 2 is 2.26 bits per heavy atom. The largest absolute Gasteiger partial charge is 0.401 e. The van der Waals surface area contributed by atoms with Crippen molar-refractivity contribution in [3.63, 3.8) is 0 Å². The molecule has 0 unspecified atom stereocenters. The molecule has 0 saturated carbocycles. The number of Topliss-reactive ketones (excluding diaryl/α,β-unsaturated/α-hetero) is 1. The zero-order valence-corrected chi connectivity index (χ0v) is 14.5. The van der Waals surface area contributed by atoms with Crippen molar-refractivity contribution in [3.8, 4) is 6.07 Å². The Morgan fingerprint density at radius 1 is 1.52 bits per heavy atom. The lowest BCUT2D eigenvalue weighted by Crippen LogP contribution is -2.11. The van der Waals surface area contributed by atoms with Gasteiger partial charge in [-0.1, -0.05) is 30.3 Å². The van der Waals surface area contributed by atoms with Gasteiger partial charge in [0.2, 0.25) is 0 Å². The summed E-state index contributed by atoms with van der Waals surface area (Å²) in [5.41, 5.74) is 7.60. The monoisotopic (exact) mass is 348 g/mol. The average molecular weight is 349 g/mol. The minimum atomic E-state index is -0.286. The average Bonchev–Trinajstić information content (AvgIpc) is 2.83. The van der Waals surface area contributed by atoms with Crippen molar-refractivity contribution in [1.82, 2.24) is 9.55 Å². The SMILES string of the molecule is CCCn1c(SCC(=O)/C(C#N)=C(/C)N)nc2cc(Cl)ccc21. The van der Waals surface area contributed by atoms with Crippen LogP contribution in [0.2, 0.25) is 5.02 Å². The van der Waals surface area contributed by atoms with Gasteiger partial charge in [-0.25, -0.2) is 4.98 Å².